The third-order valence-corrected chi connectivity index (χ3v) is 11.0. The summed E-state index contributed by atoms with van der Waals surface area (Å²) in [6.07, 6.45) is 0. The molecule has 0 amide bonds. The van der Waals surface area contributed by atoms with Crippen molar-refractivity contribution in [2.45, 2.75) is 13.8 Å². The van der Waals surface area contributed by atoms with E-state index in [1.165, 1.54) is 45.7 Å². The van der Waals surface area contributed by atoms with Crippen LogP contribution in [0.25, 0.3) is 0 Å². The van der Waals surface area contributed by atoms with Crippen LogP contribution in [0, 0.1) is 22.7 Å². The third-order valence-electron chi connectivity index (χ3n) is 6.09. The largest absolute Gasteiger partial charge is 2.00 e. The second-order valence-electron chi connectivity index (χ2n) is 10.1. The van der Waals surface area contributed by atoms with Crippen LogP contribution in [0.15, 0.2) is 182 Å². The molecule has 0 radical (unpaired) electrons. The maximum Gasteiger partial charge on any atom is 2.00 e. The van der Waals surface area contributed by atoms with Crippen LogP contribution in [0.2, 0.25) is 0 Å². The molecule has 0 atom stereocenters. The van der Waals surface area contributed by atoms with Gasteiger partial charge in [-0.15, -0.1) is 0 Å². The van der Waals surface area contributed by atoms with Gasteiger partial charge < -0.3 is 34.5 Å². The number of halogens is 8. The normalized spacial score (nSPS) is 9.78. The van der Waals surface area contributed by atoms with E-state index in [1.807, 2.05) is 0 Å². The molecule has 0 bridgehead atoms. The van der Waals surface area contributed by atoms with E-state index in [1.54, 1.807) is 12.1 Å². The van der Waals surface area contributed by atoms with Crippen LogP contribution in [-0.2, 0) is 21.1 Å². The third kappa shape index (κ3) is 24.4. The van der Waals surface area contributed by atoms with Gasteiger partial charge in [0, 0.05) is 13.8 Å². The average molecular weight is 975 g/mol. The van der Waals surface area contributed by atoms with Gasteiger partial charge in [-0.1, -0.05) is 182 Å². The van der Waals surface area contributed by atoms with Crippen molar-refractivity contribution in [2.75, 3.05) is 0 Å². The Balaban J connectivity index is 0.000000758. The Bertz CT molecular complexity index is 1560. The van der Waals surface area contributed by atoms with E-state index >= 15 is 0 Å². The zero-order chi connectivity index (χ0) is 40.2. The molecule has 6 aromatic carbocycles. The second-order valence-corrected chi connectivity index (χ2v) is 14.6. The van der Waals surface area contributed by atoms with E-state index in [-0.39, 0.29) is 21.1 Å². The van der Waals surface area contributed by atoms with E-state index in [2.05, 4.69) is 182 Å². The maximum absolute atomic E-state index is 9.75. The van der Waals surface area contributed by atoms with Crippen molar-refractivity contribution in [2.24, 2.45) is 0 Å². The van der Waals surface area contributed by atoms with Crippen LogP contribution in [0.1, 0.15) is 13.8 Å². The fraction of sp³-hybridized carbons (Fsp3) is 0.0500. The first-order valence-corrected chi connectivity index (χ1v) is 18.7. The fourth-order valence-electron chi connectivity index (χ4n) is 4.36. The van der Waals surface area contributed by atoms with Gasteiger partial charge in [-0.25, -0.2) is 0 Å². The first-order chi connectivity index (χ1) is 25.7. The summed E-state index contributed by atoms with van der Waals surface area (Å²) in [7, 11) is -12.9. The van der Waals surface area contributed by atoms with E-state index in [0.717, 1.165) is 0 Å². The van der Waals surface area contributed by atoms with Gasteiger partial charge in [0.05, 0.1) is 12.1 Å². The van der Waals surface area contributed by atoms with Crippen LogP contribution in [0.4, 0.5) is 34.5 Å². The molecule has 0 saturated heterocycles. The molecule has 0 aliphatic rings. The molecule has 6 rings (SSSR count). The molecule has 288 valence electrons. The van der Waals surface area contributed by atoms with Crippen molar-refractivity contribution in [3.05, 3.63) is 182 Å². The van der Waals surface area contributed by atoms with Gasteiger partial charge in [-0.05, 0) is 47.7 Å². The standard InChI is InChI=1S/2C18H15P.2C2H3N.2BF4.Pt/c2*1-4-10-16(11-5-1)19(17-12-6-2-7-13-17)18-14-8-3-9-15-18;2*1-2-3;2*2-1(3,4)5;/h2*1-15H;2*1H3;;;/q;;;;2*-1;+2. The van der Waals surface area contributed by atoms with Gasteiger partial charge in [0.15, 0.2) is 0 Å². The molecule has 0 saturated carbocycles. The maximum atomic E-state index is 9.75. The van der Waals surface area contributed by atoms with Crippen molar-refractivity contribution < 1.29 is 55.6 Å². The van der Waals surface area contributed by atoms with E-state index in [9.17, 15) is 34.5 Å². The SMILES string of the molecule is CC#N.CC#N.F[B-](F)(F)F.F[B-](F)(F)F.[Pt+2].c1ccc(P(c2ccccc2)c2ccccc2)cc1.c1ccc(P(c2ccccc2)c2ccccc2)cc1. The molecule has 0 spiro atoms. The molecule has 15 heteroatoms. The first-order valence-electron chi connectivity index (χ1n) is 16.0. The van der Waals surface area contributed by atoms with Crippen molar-refractivity contribution in [1.29, 1.82) is 10.5 Å². The van der Waals surface area contributed by atoms with Crippen LogP contribution in [0.3, 0.4) is 0 Å². The Morgan fingerprint density at radius 2 is 0.418 bits per heavy atom. The molecule has 0 aliphatic heterocycles. The summed E-state index contributed by atoms with van der Waals surface area (Å²) in [6.45, 7) is 2.86. The smallest absolute Gasteiger partial charge is 0.418 e. The zero-order valence-electron chi connectivity index (χ0n) is 29.6. The van der Waals surface area contributed by atoms with Gasteiger partial charge in [-0.2, -0.15) is 10.5 Å². The summed E-state index contributed by atoms with van der Waals surface area (Å²) >= 11 is 0. The molecule has 2 nitrogen and oxygen atoms in total. The predicted octanol–water partition coefficient (Wildman–Crippen LogP) is 10.5. The molecule has 0 fully saturated rings. The number of hydrogen-bond acceptors (Lipinski definition) is 2. The van der Waals surface area contributed by atoms with Gasteiger partial charge in [0.2, 0.25) is 0 Å². The number of nitrogens with zero attached hydrogens (tertiary/aromatic N) is 2. The number of rotatable bonds is 6. The Hall–Kier alpha value is -4.58. The van der Waals surface area contributed by atoms with Gasteiger partial charge in [-0.3, -0.25) is 0 Å². The van der Waals surface area contributed by atoms with Crippen LogP contribution < -0.4 is 31.8 Å². The van der Waals surface area contributed by atoms with E-state index in [4.69, 9.17) is 10.5 Å². The Morgan fingerprint density at radius 1 is 0.327 bits per heavy atom. The molecule has 6 aromatic rings. The Morgan fingerprint density at radius 3 is 0.509 bits per heavy atom. The monoisotopic (exact) mass is 975 g/mol. The molecule has 0 aliphatic carbocycles. The molecule has 0 heterocycles. The summed E-state index contributed by atoms with van der Waals surface area (Å²) in [5.74, 6) is 0. The van der Waals surface area contributed by atoms with Crippen molar-refractivity contribution in [3.63, 3.8) is 0 Å². The van der Waals surface area contributed by atoms with Crippen LogP contribution in [-0.4, -0.2) is 14.5 Å². The first kappa shape index (κ1) is 50.4. The summed E-state index contributed by atoms with van der Waals surface area (Å²) in [6, 6.07) is 68.2. The Labute approximate surface area is 334 Å². The van der Waals surface area contributed by atoms with Crippen molar-refractivity contribution in [3.8, 4) is 12.1 Å². The zero-order valence-corrected chi connectivity index (χ0v) is 33.7. The van der Waals surface area contributed by atoms with Crippen molar-refractivity contribution in [1.82, 2.24) is 0 Å². The summed E-state index contributed by atoms with van der Waals surface area (Å²) in [5.41, 5.74) is 0. The fourth-order valence-corrected chi connectivity index (χ4v) is 8.97. The number of hydrogen-bond donors (Lipinski definition) is 0. The topological polar surface area (TPSA) is 47.6 Å². The number of nitriles is 2. The van der Waals surface area contributed by atoms with Gasteiger partial charge in [0.25, 0.3) is 0 Å². The minimum Gasteiger partial charge on any atom is -0.418 e. The molecule has 55 heavy (non-hydrogen) atoms. The summed E-state index contributed by atoms with van der Waals surface area (Å²) < 4.78 is 78.0. The summed E-state index contributed by atoms with van der Waals surface area (Å²) in [5, 5.41) is 23.0. The minimum absolute atomic E-state index is 0. The van der Waals surface area contributed by atoms with Crippen LogP contribution in [0.5, 0.6) is 0 Å². The molecule has 0 aromatic heterocycles. The molecule has 0 N–H and O–H groups in total. The quantitative estimate of drug-likeness (QED) is 0.0949. The molecular weight excluding hydrogens is 939 g/mol. The minimum atomic E-state index is -6.00. The second kappa shape index (κ2) is 28.8. The molecular formula is C40H36B2F8N2P2Pt. The van der Waals surface area contributed by atoms with Crippen molar-refractivity contribution >= 4 is 62.2 Å². The van der Waals surface area contributed by atoms with E-state index < -0.39 is 30.4 Å². The molecule has 0 unspecified atom stereocenters. The predicted molar refractivity (Wildman–Crippen MR) is 213 cm³/mol. The van der Waals surface area contributed by atoms with Gasteiger partial charge >= 0.3 is 35.6 Å². The summed E-state index contributed by atoms with van der Waals surface area (Å²) in [4.78, 5) is 0. The van der Waals surface area contributed by atoms with Gasteiger partial charge in [0.1, 0.15) is 0 Å². The van der Waals surface area contributed by atoms with E-state index in [0.29, 0.717) is 0 Å². The average Bonchev–Trinajstić information content (AvgIpc) is 3.14. The number of benzene rings is 6. The Kier molecular flexibility index (Phi) is 26.4. The van der Waals surface area contributed by atoms with Crippen LogP contribution >= 0.6 is 15.8 Å².